The SMILES string of the molecule is Cc1nn(C)c(C)c1S(=O)(=O)Nc1ccn(Cc2ccccc2)n1. The summed E-state index contributed by atoms with van der Waals surface area (Å²) in [4.78, 5) is 0.197. The Morgan fingerprint density at radius 2 is 1.79 bits per heavy atom. The largest absolute Gasteiger partial charge is 0.271 e. The maximum Gasteiger partial charge on any atom is 0.266 e. The highest BCUT2D eigenvalue weighted by Gasteiger charge is 2.24. The van der Waals surface area contributed by atoms with Crippen LogP contribution in [0.5, 0.6) is 0 Å². The second-order valence-electron chi connectivity index (χ2n) is 5.61. The van der Waals surface area contributed by atoms with Gasteiger partial charge in [-0.15, -0.1) is 0 Å². The van der Waals surface area contributed by atoms with Crippen LogP contribution in [0.2, 0.25) is 0 Å². The fourth-order valence-electron chi connectivity index (χ4n) is 2.61. The maximum atomic E-state index is 12.6. The number of aromatic nitrogens is 4. The van der Waals surface area contributed by atoms with E-state index in [2.05, 4.69) is 14.9 Å². The Morgan fingerprint density at radius 1 is 1.08 bits per heavy atom. The highest BCUT2D eigenvalue weighted by atomic mass is 32.2. The number of hydrogen-bond acceptors (Lipinski definition) is 4. The molecule has 3 aromatic rings. The van der Waals surface area contributed by atoms with Crippen LogP contribution in [-0.2, 0) is 23.6 Å². The Bertz CT molecular complexity index is 958. The molecule has 0 atom stereocenters. The summed E-state index contributed by atoms with van der Waals surface area (Å²) in [6, 6.07) is 11.5. The van der Waals surface area contributed by atoms with Gasteiger partial charge >= 0.3 is 0 Å². The molecule has 0 amide bonds. The highest BCUT2D eigenvalue weighted by Crippen LogP contribution is 2.21. The average Bonchev–Trinajstić information content (AvgIpc) is 3.04. The zero-order chi connectivity index (χ0) is 17.3. The van der Waals surface area contributed by atoms with Crippen molar-refractivity contribution in [2.75, 3.05) is 4.72 Å². The first kappa shape index (κ1) is 16.3. The third kappa shape index (κ3) is 3.18. The van der Waals surface area contributed by atoms with Crippen LogP contribution in [0, 0.1) is 13.8 Å². The molecule has 1 aromatic carbocycles. The Labute approximate surface area is 141 Å². The summed E-state index contributed by atoms with van der Waals surface area (Å²) in [5, 5.41) is 8.43. The van der Waals surface area contributed by atoms with Gasteiger partial charge in [0, 0.05) is 19.3 Å². The molecule has 0 unspecified atom stereocenters. The molecule has 0 bridgehead atoms. The lowest BCUT2D eigenvalue weighted by atomic mass is 10.2. The predicted molar refractivity (Wildman–Crippen MR) is 91.3 cm³/mol. The van der Waals surface area contributed by atoms with Gasteiger partial charge in [-0.2, -0.15) is 10.2 Å². The predicted octanol–water partition coefficient (Wildman–Crippen LogP) is 2.08. The van der Waals surface area contributed by atoms with Crippen molar-refractivity contribution in [2.45, 2.75) is 25.3 Å². The van der Waals surface area contributed by atoms with Crippen LogP contribution < -0.4 is 4.72 Å². The van der Waals surface area contributed by atoms with E-state index in [1.807, 2.05) is 30.3 Å². The van der Waals surface area contributed by atoms with Gasteiger partial charge in [0.1, 0.15) is 4.90 Å². The lowest BCUT2D eigenvalue weighted by Gasteiger charge is -2.06. The van der Waals surface area contributed by atoms with E-state index in [0.29, 0.717) is 17.9 Å². The molecule has 0 saturated heterocycles. The second-order valence-corrected chi connectivity index (χ2v) is 7.23. The number of rotatable bonds is 5. The molecule has 2 aromatic heterocycles. The molecule has 0 aliphatic heterocycles. The van der Waals surface area contributed by atoms with Crippen LogP contribution in [0.25, 0.3) is 0 Å². The molecule has 0 aliphatic carbocycles. The average molecular weight is 345 g/mol. The molecular formula is C16H19N5O2S. The van der Waals surface area contributed by atoms with Gasteiger partial charge in [-0.25, -0.2) is 8.42 Å². The molecule has 0 saturated carbocycles. The van der Waals surface area contributed by atoms with E-state index in [-0.39, 0.29) is 10.7 Å². The van der Waals surface area contributed by atoms with Crippen molar-refractivity contribution in [3.05, 3.63) is 59.5 Å². The standard InChI is InChI=1S/C16H19N5O2S/c1-12-16(13(2)20(3)17-12)24(22,23)19-15-9-10-21(18-15)11-14-7-5-4-6-8-14/h4-10H,11H2,1-3H3,(H,18,19). The minimum atomic E-state index is -3.72. The molecule has 2 heterocycles. The van der Waals surface area contributed by atoms with Crippen LogP contribution in [0.1, 0.15) is 17.0 Å². The van der Waals surface area contributed by atoms with E-state index >= 15 is 0 Å². The van der Waals surface area contributed by atoms with Crippen molar-refractivity contribution in [1.29, 1.82) is 0 Å². The monoisotopic (exact) mass is 345 g/mol. The Morgan fingerprint density at radius 3 is 2.42 bits per heavy atom. The van der Waals surface area contributed by atoms with Crippen molar-refractivity contribution in [3.63, 3.8) is 0 Å². The van der Waals surface area contributed by atoms with Gasteiger partial charge in [-0.1, -0.05) is 30.3 Å². The number of anilines is 1. The third-order valence-electron chi connectivity index (χ3n) is 3.78. The van der Waals surface area contributed by atoms with E-state index in [9.17, 15) is 8.42 Å². The fraction of sp³-hybridized carbons (Fsp3) is 0.250. The number of nitrogens with zero attached hydrogens (tertiary/aromatic N) is 4. The zero-order valence-electron chi connectivity index (χ0n) is 13.8. The van der Waals surface area contributed by atoms with E-state index in [4.69, 9.17) is 0 Å². The van der Waals surface area contributed by atoms with E-state index in [1.165, 1.54) is 0 Å². The van der Waals surface area contributed by atoms with Crippen molar-refractivity contribution >= 4 is 15.8 Å². The molecule has 0 spiro atoms. The normalized spacial score (nSPS) is 11.6. The van der Waals surface area contributed by atoms with Crippen LogP contribution in [0.4, 0.5) is 5.82 Å². The molecule has 8 heteroatoms. The highest BCUT2D eigenvalue weighted by molar-refractivity contribution is 7.92. The zero-order valence-corrected chi connectivity index (χ0v) is 14.6. The summed E-state index contributed by atoms with van der Waals surface area (Å²) >= 11 is 0. The topological polar surface area (TPSA) is 81.8 Å². The Balaban J connectivity index is 1.81. The second kappa shape index (κ2) is 6.12. The molecule has 0 radical (unpaired) electrons. The summed E-state index contributed by atoms with van der Waals surface area (Å²) in [5.74, 6) is 0.286. The van der Waals surface area contributed by atoms with E-state index in [1.54, 1.807) is 42.5 Å². The first-order chi connectivity index (χ1) is 11.4. The summed E-state index contributed by atoms with van der Waals surface area (Å²) in [6.07, 6.45) is 1.74. The van der Waals surface area contributed by atoms with Gasteiger partial charge in [-0.3, -0.25) is 14.1 Å². The lowest BCUT2D eigenvalue weighted by molar-refractivity contribution is 0.599. The third-order valence-corrected chi connectivity index (χ3v) is 5.38. The fourth-order valence-corrected chi connectivity index (χ4v) is 4.04. The summed E-state index contributed by atoms with van der Waals surface area (Å²) in [7, 11) is -2.00. The summed E-state index contributed by atoms with van der Waals surface area (Å²) in [5.41, 5.74) is 2.14. The van der Waals surface area contributed by atoms with Gasteiger partial charge in [0.15, 0.2) is 5.82 Å². The Hall–Kier alpha value is -2.61. The minimum absolute atomic E-state index is 0.197. The van der Waals surface area contributed by atoms with Crippen LogP contribution in [0.15, 0.2) is 47.5 Å². The first-order valence-electron chi connectivity index (χ1n) is 7.47. The van der Waals surface area contributed by atoms with Crippen molar-refractivity contribution in [2.24, 2.45) is 7.05 Å². The first-order valence-corrected chi connectivity index (χ1v) is 8.95. The van der Waals surface area contributed by atoms with E-state index < -0.39 is 10.0 Å². The van der Waals surface area contributed by atoms with Gasteiger partial charge < -0.3 is 0 Å². The smallest absolute Gasteiger partial charge is 0.266 e. The van der Waals surface area contributed by atoms with Gasteiger partial charge in [0.05, 0.1) is 17.9 Å². The number of sulfonamides is 1. The van der Waals surface area contributed by atoms with Crippen LogP contribution >= 0.6 is 0 Å². The molecule has 24 heavy (non-hydrogen) atoms. The molecule has 126 valence electrons. The molecule has 3 rings (SSSR count). The van der Waals surface area contributed by atoms with Crippen LogP contribution in [-0.4, -0.2) is 28.0 Å². The van der Waals surface area contributed by atoms with Gasteiger partial charge in [-0.05, 0) is 19.4 Å². The molecular weight excluding hydrogens is 326 g/mol. The van der Waals surface area contributed by atoms with Gasteiger partial charge in [0.25, 0.3) is 10.0 Å². The number of hydrogen-bond donors (Lipinski definition) is 1. The van der Waals surface area contributed by atoms with Crippen molar-refractivity contribution < 1.29 is 8.42 Å². The summed E-state index contributed by atoms with van der Waals surface area (Å²) < 4.78 is 31.0. The van der Waals surface area contributed by atoms with Crippen LogP contribution in [0.3, 0.4) is 0 Å². The lowest BCUT2D eigenvalue weighted by Crippen LogP contribution is -2.15. The molecule has 7 nitrogen and oxygen atoms in total. The van der Waals surface area contributed by atoms with E-state index in [0.717, 1.165) is 5.56 Å². The molecule has 0 aliphatic rings. The molecule has 1 N–H and O–H groups in total. The van der Waals surface area contributed by atoms with Crippen molar-refractivity contribution in [3.8, 4) is 0 Å². The van der Waals surface area contributed by atoms with Gasteiger partial charge in [0.2, 0.25) is 0 Å². The summed E-state index contributed by atoms with van der Waals surface area (Å²) in [6.45, 7) is 3.98. The van der Waals surface area contributed by atoms with Crippen molar-refractivity contribution in [1.82, 2.24) is 19.6 Å². The quantitative estimate of drug-likeness (QED) is 0.767. The minimum Gasteiger partial charge on any atom is -0.271 e. The number of nitrogens with one attached hydrogen (secondary N) is 1. The number of benzene rings is 1. The maximum absolute atomic E-state index is 12.6. The molecule has 0 fully saturated rings. The Kier molecular flexibility index (Phi) is 4.15. The number of aryl methyl sites for hydroxylation is 2.